The molecule has 2 N–H and O–H groups in total. The van der Waals surface area contributed by atoms with E-state index in [9.17, 15) is 8.42 Å². The lowest BCUT2D eigenvalue weighted by atomic mass is 10.2. The summed E-state index contributed by atoms with van der Waals surface area (Å²) < 4.78 is 30.1. The van der Waals surface area contributed by atoms with Crippen molar-refractivity contribution in [2.75, 3.05) is 64.1 Å². The highest BCUT2D eigenvalue weighted by Crippen LogP contribution is 2.28. The Morgan fingerprint density at radius 3 is 2.50 bits per heavy atom. The predicted molar refractivity (Wildman–Crippen MR) is 126 cm³/mol. The summed E-state index contributed by atoms with van der Waals surface area (Å²) in [5.41, 5.74) is 1.12. The van der Waals surface area contributed by atoms with Gasteiger partial charge in [0.05, 0.1) is 19.1 Å². The summed E-state index contributed by atoms with van der Waals surface area (Å²) in [4.78, 5) is 9.22. The quantitative estimate of drug-likeness (QED) is 0.231. The zero-order chi connectivity index (χ0) is 19.7. The molecule has 2 rings (SSSR count). The fourth-order valence-electron chi connectivity index (χ4n) is 3.00. The molecule has 0 saturated carbocycles. The lowest BCUT2D eigenvalue weighted by molar-refractivity contribution is 0.367. The summed E-state index contributed by atoms with van der Waals surface area (Å²) in [5.74, 6) is 1.78. The van der Waals surface area contributed by atoms with E-state index < -0.39 is 10.0 Å². The van der Waals surface area contributed by atoms with Crippen LogP contribution in [0.3, 0.4) is 0 Å². The first kappa shape index (κ1) is 24.8. The Labute approximate surface area is 185 Å². The second-order valence-electron chi connectivity index (χ2n) is 6.40. The minimum absolute atomic E-state index is 0. The molecule has 1 aliphatic heterocycles. The maximum atomic E-state index is 11.1. The van der Waals surface area contributed by atoms with Crippen LogP contribution >= 0.6 is 24.0 Å². The van der Waals surface area contributed by atoms with Crippen LogP contribution in [0.2, 0.25) is 0 Å². The Hall–Kier alpha value is -1.27. The molecule has 1 fully saturated rings. The summed E-state index contributed by atoms with van der Waals surface area (Å²) in [5, 5.41) is 3.33. The molecule has 0 bridgehead atoms. The maximum Gasteiger partial charge on any atom is 0.208 e. The Morgan fingerprint density at radius 2 is 1.89 bits per heavy atom. The Balaban J connectivity index is 0.00000392. The van der Waals surface area contributed by atoms with Crippen LogP contribution in [0, 0.1) is 0 Å². The summed E-state index contributed by atoms with van der Waals surface area (Å²) in [7, 11) is -1.44. The number of anilines is 1. The number of halogens is 1. The van der Waals surface area contributed by atoms with Gasteiger partial charge < -0.3 is 19.9 Å². The number of methoxy groups -OCH3 is 1. The van der Waals surface area contributed by atoms with Gasteiger partial charge in [-0.05, 0) is 25.5 Å². The molecular weight excluding hydrogens is 493 g/mol. The summed E-state index contributed by atoms with van der Waals surface area (Å²) >= 11 is 0. The molecule has 0 amide bonds. The molecular formula is C18H32IN5O3S. The lowest BCUT2D eigenvalue weighted by Gasteiger charge is -2.38. The molecule has 0 radical (unpaired) electrons. The van der Waals surface area contributed by atoms with Crippen LogP contribution in [0.25, 0.3) is 0 Å². The highest BCUT2D eigenvalue weighted by Gasteiger charge is 2.21. The predicted octanol–water partition coefficient (Wildman–Crippen LogP) is 1.34. The van der Waals surface area contributed by atoms with E-state index in [1.54, 1.807) is 7.11 Å². The lowest BCUT2D eigenvalue weighted by Crippen LogP contribution is -2.52. The van der Waals surface area contributed by atoms with Gasteiger partial charge in [0.2, 0.25) is 10.0 Å². The Bertz CT molecular complexity index is 722. The van der Waals surface area contributed by atoms with Crippen molar-refractivity contribution < 1.29 is 13.2 Å². The smallest absolute Gasteiger partial charge is 0.208 e. The number of benzene rings is 1. The third-order valence-corrected chi connectivity index (χ3v) is 5.03. The van der Waals surface area contributed by atoms with E-state index >= 15 is 0 Å². The van der Waals surface area contributed by atoms with Crippen molar-refractivity contribution in [1.29, 1.82) is 0 Å². The van der Waals surface area contributed by atoms with Crippen molar-refractivity contribution in [1.82, 2.24) is 14.9 Å². The number of hydrogen-bond donors (Lipinski definition) is 2. The molecule has 1 heterocycles. The maximum absolute atomic E-state index is 11.1. The third kappa shape index (κ3) is 8.00. The Morgan fingerprint density at radius 1 is 1.21 bits per heavy atom. The SMILES string of the molecule is CCNC(=NCCCNS(C)(=O)=O)N1CCN(c2ccccc2OC)CC1.I. The van der Waals surface area contributed by atoms with Gasteiger partial charge in [0.25, 0.3) is 0 Å². The van der Waals surface area contributed by atoms with Crippen LogP contribution in [0.4, 0.5) is 5.69 Å². The van der Waals surface area contributed by atoms with Gasteiger partial charge in [0.15, 0.2) is 5.96 Å². The number of rotatable bonds is 8. The first-order chi connectivity index (χ1) is 12.9. The molecule has 0 aliphatic carbocycles. The van der Waals surface area contributed by atoms with E-state index in [1.807, 2.05) is 25.1 Å². The average Bonchev–Trinajstić information content (AvgIpc) is 2.66. The first-order valence-corrected chi connectivity index (χ1v) is 11.2. The van der Waals surface area contributed by atoms with Gasteiger partial charge in [-0.25, -0.2) is 13.1 Å². The topological polar surface area (TPSA) is 86.3 Å². The van der Waals surface area contributed by atoms with Gasteiger partial charge in [-0.2, -0.15) is 0 Å². The van der Waals surface area contributed by atoms with E-state index in [0.29, 0.717) is 19.5 Å². The van der Waals surface area contributed by atoms with Crippen LogP contribution in [-0.2, 0) is 10.0 Å². The summed E-state index contributed by atoms with van der Waals surface area (Å²) in [6.45, 7) is 7.34. The number of ether oxygens (including phenoxy) is 1. The van der Waals surface area contributed by atoms with E-state index in [-0.39, 0.29) is 24.0 Å². The first-order valence-electron chi connectivity index (χ1n) is 9.30. The number of piperazine rings is 1. The van der Waals surface area contributed by atoms with Crippen LogP contribution in [0.1, 0.15) is 13.3 Å². The van der Waals surface area contributed by atoms with Gasteiger partial charge in [0, 0.05) is 45.8 Å². The molecule has 8 nitrogen and oxygen atoms in total. The molecule has 0 spiro atoms. The van der Waals surface area contributed by atoms with Crippen molar-refractivity contribution in [2.45, 2.75) is 13.3 Å². The molecule has 0 aromatic heterocycles. The van der Waals surface area contributed by atoms with E-state index in [1.165, 1.54) is 6.26 Å². The van der Waals surface area contributed by atoms with Crippen molar-refractivity contribution in [2.24, 2.45) is 4.99 Å². The van der Waals surface area contributed by atoms with Gasteiger partial charge in [-0.3, -0.25) is 4.99 Å². The third-order valence-electron chi connectivity index (χ3n) is 4.30. The van der Waals surface area contributed by atoms with Gasteiger partial charge in [-0.1, -0.05) is 12.1 Å². The van der Waals surface area contributed by atoms with E-state index in [4.69, 9.17) is 4.74 Å². The van der Waals surface area contributed by atoms with Crippen molar-refractivity contribution in [3.05, 3.63) is 24.3 Å². The molecule has 0 unspecified atom stereocenters. The largest absolute Gasteiger partial charge is 0.495 e. The molecule has 160 valence electrons. The normalized spacial score (nSPS) is 15.2. The fraction of sp³-hybridized carbons (Fsp3) is 0.611. The molecule has 1 aliphatic rings. The number of hydrogen-bond acceptors (Lipinski definition) is 5. The molecule has 1 aromatic carbocycles. The highest BCUT2D eigenvalue weighted by atomic mass is 127. The van der Waals surface area contributed by atoms with Gasteiger partial charge in [-0.15, -0.1) is 24.0 Å². The van der Waals surface area contributed by atoms with Crippen molar-refractivity contribution >= 4 is 45.6 Å². The number of aliphatic imine (C=N–C) groups is 1. The Kier molecular flexibility index (Phi) is 10.9. The van der Waals surface area contributed by atoms with Crippen LogP contribution < -0.4 is 19.7 Å². The van der Waals surface area contributed by atoms with Crippen molar-refractivity contribution in [3.8, 4) is 5.75 Å². The summed E-state index contributed by atoms with van der Waals surface area (Å²) in [6, 6.07) is 8.08. The molecule has 1 aromatic rings. The van der Waals surface area contributed by atoms with Crippen LogP contribution in [-0.4, -0.2) is 78.5 Å². The molecule has 1 saturated heterocycles. The van der Waals surface area contributed by atoms with Crippen LogP contribution in [0.5, 0.6) is 5.75 Å². The molecule has 28 heavy (non-hydrogen) atoms. The summed E-state index contributed by atoms with van der Waals surface area (Å²) in [6.07, 6.45) is 1.84. The molecule has 10 heteroatoms. The monoisotopic (exact) mass is 525 g/mol. The molecule has 0 atom stereocenters. The van der Waals surface area contributed by atoms with E-state index in [0.717, 1.165) is 50.1 Å². The van der Waals surface area contributed by atoms with E-state index in [2.05, 4.69) is 30.9 Å². The number of para-hydroxylation sites is 2. The number of guanidine groups is 1. The highest BCUT2D eigenvalue weighted by molar-refractivity contribution is 14.0. The van der Waals surface area contributed by atoms with Gasteiger partial charge in [0.1, 0.15) is 5.75 Å². The number of nitrogens with zero attached hydrogens (tertiary/aromatic N) is 3. The second-order valence-corrected chi connectivity index (χ2v) is 8.23. The second kappa shape index (κ2) is 12.3. The standard InChI is InChI=1S/C18H31N5O3S.HI/c1-4-19-18(20-10-7-11-21-27(3,24)25)23-14-12-22(13-15-23)16-8-5-6-9-17(16)26-2;/h5-6,8-9,21H,4,7,10-15H2,1-3H3,(H,19,20);1H. The van der Waals surface area contributed by atoms with Gasteiger partial charge >= 0.3 is 0 Å². The average molecular weight is 525 g/mol. The fourth-order valence-corrected chi connectivity index (χ4v) is 3.51. The minimum atomic E-state index is -3.13. The minimum Gasteiger partial charge on any atom is -0.495 e. The van der Waals surface area contributed by atoms with Crippen molar-refractivity contribution in [3.63, 3.8) is 0 Å². The number of sulfonamides is 1. The van der Waals surface area contributed by atoms with Crippen LogP contribution in [0.15, 0.2) is 29.3 Å². The zero-order valence-corrected chi connectivity index (χ0v) is 20.0. The zero-order valence-electron chi connectivity index (χ0n) is 16.8. The number of nitrogens with one attached hydrogen (secondary N) is 2.